The number of aryl methyl sites for hydroxylation is 1. The highest BCUT2D eigenvalue weighted by Crippen LogP contribution is 2.26. The lowest BCUT2D eigenvalue weighted by Gasteiger charge is -2.45. The van der Waals surface area contributed by atoms with E-state index in [1.807, 2.05) is 6.92 Å². The van der Waals surface area contributed by atoms with Gasteiger partial charge in [0.1, 0.15) is 0 Å². The van der Waals surface area contributed by atoms with Gasteiger partial charge in [-0.2, -0.15) is 4.31 Å². The zero-order valence-corrected chi connectivity index (χ0v) is 14.1. The van der Waals surface area contributed by atoms with Crippen molar-refractivity contribution in [1.29, 1.82) is 0 Å². The Morgan fingerprint density at radius 1 is 1.39 bits per heavy atom. The molecule has 0 unspecified atom stereocenters. The largest absolute Gasteiger partial charge is 0.375 e. The van der Waals surface area contributed by atoms with Gasteiger partial charge in [0.2, 0.25) is 10.0 Å². The standard InChI is InChI=1S/C15H21N3O4S/c1-11-3-5-16-9-12(11)15(19)17-6-4-14-13(10-17)18(7-8-22-14)23(2,20)21/h3,5,9,13-14H,4,6-8,10H2,1-2H3/t13-,14-/m1/s1. The van der Waals surface area contributed by atoms with Crippen LogP contribution in [0.3, 0.4) is 0 Å². The van der Waals surface area contributed by atoms with Gasteiger partial charge in [0.15, 0.2) is 0 Å². The Morgan fingerprint density at radius 3 is 2.87 bits per heavy atom. The van der Waals surface area contributed by atoms with E-state index in [-0.39, 0.29) is 18.1 Å². The molecule has 3 rings (SSSR count). The molecule has 3 heterocycles. The summed E-state index contributed by atoms with van der Waals surface area (Å²) in [5, 5.41) is 0. The summed E-state index contributed by atoms with van der Waals surface area (Å²) in [6.07, 6.45) is 4.93. The van der Waals surface area contributed by atoms with Gasteiger partial charge in [-0.05, 0) is 25.0 Å². The van der Waals surface area contributed by atoms with Crippen LogP contribution in [-0.2, 0) is 14.8 Å². The van der Waals surface area contributed by atoms with E-state index in [0.717, 1.165) is 5.56 Å². The second-order valence-corrected chi connectivity index (χ2v) is 8.02. The number of nitrogens with zero attached hydrogens (tertiary/aromatic N) is 3. The number of carbonyl (C=O) groups excluding carboxylic acids is 1. The summed E-state index contributed by atoms with van der Waals surface area (Å²) in [4.78, 5) is 18.5. The summed E-state index contributed by atoms with van der Waals surface area (Å²) in [6.45, 7) is 3.53. The highest BCUT2D eigenvalue weighted by atomic mass is 32.2. The van der Waals surface area contributed by atoms with Gasteiger partial charge >= 0.3 is 0 Å². The van der Waals surface area contributed by atoms with Gasteiger partial charge in [0, 0.05) is 32.0 Å². The summed E-state index contributed by atoms with van der Waals surface area (Å²) in [6, 6.07) is 1.49. The predicted molar refractivity (Wildman–Crippen MR) is 84.6 cm³/mol. The van der Waals surface area contributed by atoms with E-state index in [1.165, 1.54) is 10.6 Å². The van der Waals surface area contributed by atoms with Crippen LogP contribution in [0.2, 0.25) is 0 Å². The number of amides is 1. The van der Waals surface area contributed by atoms with Crippen LogP contribution in [0.15, 0.2) is 18.5 Å². The van der Waals surface area contributed by atoms with Crippen molar-refractivity contribution in [2.24, 2.45) is 0 Å². The lowest BCUT2D eigenvalue weighted by Crippen LogP contribution is -2.61. The molecule has 2 aliphatic rings. The molecule has 0 N–H and O–H groups in total. The predicted octanol–water partition coefficient (Wildman–Crippen LogP) is 0.265. The van der Waals surface area contributed by atoms with E-state index in [0.29, 0.717) is 38.2 Å². The van der Waals surface area contributed by atoms with Crippen LogP contribution in [0, 0.1) is 6.92 Å². The average molecular weight is 339 g/mol. The van der Waals surface area contributed by atoms with Crippen molar-refractivity contribution < 1.29 is 17.9 Å². The van der Waals surface area contributed by atoms with Crippen molar-refractivity contribution in [1.82, 2.24) is 14.2 Å². The van der Waals surface area contributed by atoms with E-state index >= 15 is 0 Å². The molecule has 126 valence electrons. The lowest BCUT2D eigenvalue weighted by molar-refractivity contribution is -0.0704. The molecule has 2 aliphatic heterocycles. The molecule has 0 bridgehead atoms. The smallest absolute Gasteiger partial charge is 0.255 e. The third-order valence-corrected chi connectivity index (χ3v) is 5.82. The first-order chi connectivity index (χ1) is 10.9. The molecule has 8 heteroatoms. The second kappa shape index (κ2) is 6.18. The van der Waals surface area contributed by atoms with Gasteiger partial charge in [-0.15, -0.1) is 0 Å². The number of likely N-dealkylation sites (tertiary alicyclic amines) is 1. The van der Waals surface area contributed by atoms with E-state index in [9.17, 15) is 13.2 Å². The van der Waals surface area contributed by atoms with Crippen molar-refractivity contribution in [2.75, 3.05) is 32.5 Å². The summed E-state index contributed by atoms with van der Waals surface area (Å²) >= 11 is 0. The number of morpholine rings is 1. The SMILES string of the molecule is Cc1ccncc1C(=O)N1CC[C@H]2OCCN(S(C)(=O)=O)[C@@H]2C1. The van der Waals surface area contributed by atoms with Crippen molar-refractivity contribution in [3.05, 3.63) is 29.6 Å². The molecule has 2 fully saturated rings. The van der Waals surface area contributed by atoms with Gasteiger partial charge in [0.25, 0.3) is 5.91 Å². The Hall–Kier alpha value is -1.51. The van der Waals surface area contributed by atoms with Gasteiger partial charge in [-0.25, -0.2) is 8.42 Å². The second-order valence-electron chi connectivity index (χ2n) is 6.08. The lowest BCUT2D eigenvalue weighted by atomic mass is 9.99. The molecule has 0 saturated carbocycles. The van der Waals surface area contributed by atoms with Crippen LogP contribution in [0.5, 0.6) is 0 Å². The van der Waals surface area contributed by atoms with E-state index in [2.05, 4.69) is 4.98 Å². The minimum atomic E-state index is -3.32. The molecular formula is C15H21N3O4S. The zero-order valence-electron chi connectivity index (χ0n) is 13.3. The van der Waals surface area contributed by atoms with Crippen LogP contribution >= 0.6 is 0 Å². The number of aromatic nitrogens is 1. The summed E-state index contributed by atoms with van der Waals surface area (Å²) < 4.78 is 31.2. The first-order valence-corrected chi connectivity index (χ1v) is 9.51. The maximum absolute atomic E-state index is 12.7. The molecule has 23 heavy (non-hydrogen) atoms. The first-order valence-electron chi connectivity index (χ1n) is 7.66. The molecule has 0 aliphatic carbocycles. The van der Waals surface area contributed by atoms with E-state index < -0.39 is 10.0 Å². The van der Waals surface area contributed by atoms with Crippen LogP contribution in [0.4, 0.5) is 0 Å². The number of hydrogen-bond donors (Lipinski definition) is 0. The molecule has 2 atom stereocenters. The Balaban J connectivity index is 1.82. The molecule has 7 nitrogen and oxygen atoms in total. The first kappa shape index (κ1) is 16.4. The third kappa shape index (κ3) is 3.24. The van der Waals surface area contributed by atoms with Crippen LogP contribution in [0.25, 0.3) is 0 Å². The number of ether oxygens (including phenoxy) is 1. The molecule has 1 aromatic heterocycles. The van der Waals surface area contributed by atoms with Gasteiger partial charge in [-0.1, -0.05) is 0 Å². The van der Waals surface area contributed by atoms with Gasteiger partial charge in [-0.3, -0.25) is 9.78 Å². The number of sulfonamides is 1. The molecular weight excluding hydrogens is 318 g/mol. The Bertz CT molecular complexity index is 706. The molecule has 2 saturated heterocycles. The van der Waals surface area contributed by atoms with Crippen molar-refractivity contribution >= 4 is 15.9 Å². The fourth-order valence-electron chi connectivity index (χ4n) is 3.30. The van der Waals surface area contributed by atoms with E-state index in [4.69, 9.17) is 4.74 Å². The van der Waals surface area contributed by atoms with Gasteiger partial charge in [0.05, 0.1) is 30.6 Å². The molecule has 1 aromatic rings. The van der Waals surface area contributed by atoms with E-state index in [1.54, 1.807) is 23.4 Å². The average Bonchev–Trinajstić information content (AvgIpc) is 2.52. The summed E-state index contributed by atoms with van der Waals surface area (Å²) in [5.41, 5.74) is 1.43. The summed E-state index contributed by atoms with van der Waals surface area (Å²) in [7, 11) is -3.32. The Kier molecular flexibility index (Phi) is 4.39. The van der Waals surface area contributed by atoms with Crippen LogP contribution < -0.4 is 0 Å². The monoisotopic (exact) mass is 339 g/mol. The highest BCUT2D eigenvalue weighted by Gasteiger charge is 2.42. The van der Waals surface area contributed by atoms with Crippen LogP contribution in [-0.4, -0.2) is 73.2 Å². The molecule has 0 aromatic carbocycles. The Morgan fingerprint density at radius 2 is 2.17 bits per heavy atom. The number of pyridine rings is 1. The summed E-state index contributed by atoms with van der Waals surface area (Å²) in [5.74, 6) is -0.104. The minimum absolute atomic E-state index is 0.104. The number of hydrogen-bond acceptors (Lipinski definition) is 5. The highest BCUT2D eigenvalue weighted by molar-refractivity contribution is 7.88. The topological polar surface area (TPSA) is 79.8 Å². The molecule has 1 amide bonds. The normalized spacial score (nSPS) is 25.9. The fourth-order valence-corrected chi connectivity index (χ4v) is 4.40. The van der Waals surface area contributed by atoms with Crippen molar-refractivity contribution in [3.8, 4) is 0 Å². The number of rotatable bonds is 2. The zero-order chi connectivity index (χ0) is 16.6. The van der Waals surface area contributed by atoms with Crippen molar-refractivity contribution in [3.63, 3.8) is 0 Å². The molecule has 0 radical (unpaired) electrons. The number of carbonyl (C=O) groups is 1. The number of fused-ring (bicyclic) bond motifs is 1. The van der Waals surface area contributed by atoms with Crippen LogP contribution in [0.1, 0.15) is 22.3 Å². The Labute approximate surface area is 136 Å². The fraction of sp³-hybridized carbons (Fsp3) is 0.600. The molecule has 0 spiro atoms. The van der Waals surface area contributed by atoms with Gasteiger partial charge < -0.3 is 9.64 Å². The van der Waals surface area contributed by atoms with Crippen molar-refractivity contribution in [2.45, 2.75) is 25.5 Å². The quantitative estimate of drug-likeness (QED) is 0.772. The minimum Gasteiger partial charge on any atom is -0.375 e. The number of piperidine rings is 1. The maximum Gasteiger partial charge on any atom is 0.255 e. The third-order valence-electron chi connectivity index (χ3n) is 4.52. The maximum atomic E-state index is 12.7.